The highest BCUT2D eigenvalue weighted by molar-refractivity contribution is 7.09. The first-order chi connectivity index (χ1) is 8.86. The minimum absolute atomic E-state index is 0.227. The number of carbonyl (C=O) groups excluding carboxylic acids is 1. The molecule has 4 N–H and O–H groups in total. The van der Waals surface area contributed by atoms with Gasteiger partial charge in [-0.1, -0.05) is 6.92 Å². The molecule has 0 aromatic carbocycles. The molecule has 2 atom stereocenters. The number of rotatable bonds is 6. The van der Waals surface area contributed by atoms with Crippen molar-refractivity contribution in [2.45, 2.75) is 31.9 Å². The molecule has 2 unspecified atom stereocenters. The lowest BCUT2D eigenvalue weighted by Crippen LogP contribution is -2.49. The Bertz CT molecular complexity index is 433. The van der Waals surface area contributed by atoms with Crippen LogP contribution >= 0.6 is 11.3 Å². The van der Waals surface area contributed by atoms with Gasteiger partial charge in [-0.3, -0.25) is 0 Å². The van der Waals surface area contributed by atoms with Crippen molar-refractivity contribution in [3.8, 4) is 0 Å². The molecule has 0 aliphatic rings. The van der Waals surface area contributed by atoms with Crippen LogP contribution in [0.1, 0.15) is 31.3 Å². The van der Waals surface area contributed by atoms with Crippen LogP contribution in [0.3, 0.4) is 0 Å². The fourth-order valence-electron chi connectivity index (χ4n) is 1.28. The van der Waals surface area contributed by atoms with E-state index in [9.17, 15) is 14.7 Å². The third kappa shape index (κ3) is 4.49. The standard InChI is InChI=1S/C11H17N3O4S/c1-3-7(8-12-4-5-19-8)14-10(17)13-6-11(2,18)9(15)16/h4-5,7,18H,3,6H2,1-2H3,(H,15,16)(H2,13,14,17). The lowest BCUT2D eigenvalue weighted by molar-refractivity contribution is -0.155. The van der Waals surface area contributed by atoms with Crippen LogP contribution in [-0.4, -0.2) is 39.3 Å². The molecular formula is C11H17N3O4S. The maximum absolute atomic E-state index is 11.6. The highest BCUT2D eigenvalue weighted by Crippen LogP contribution is 2.18. The summed E-state index contributed by atoms with van der Waals surface area (Å²) in [7, 11) is 0. The summed E-state index contributed by atoms with van der Waals surface area (Å²) in [5.41, 5.74) is -1.99. The molecule has 0 aliphatic heterocycles. The van der Waals surface area contributed by atoms with Gasteiger partial charge >= 0.3 is 12.0 Å². The van der Waals surface area contributed by atoms with Crippen LogP contribution in [0.15, 0.2) is 11.6 Å². The predicted molar refractivity (Wildman–Crippen MR) is 69.9 cm³/mol. The molecule has 0 spiro atoms. The fourth-order valence-corrected chi connectivity index (χ4v) is 2.05. The number of thiazole rings is 1. The van der Waals surface area contributed by atoms with Crippen molar-refractivity contribution in [3.63, 3.8) is 0 Å². The summed E-state index contributed by atoms with van der Waals surface area (Å²) in [5, 5.41) is 25.8. The summed E-state index contributed by atoms with van der Waals surface area (Å²) in [6.45, 7) is 2.65. The van der Waals surface area contributed by atoms with Crippen LogP contribution in [0, 0.1) is 0 Å². The molecule has 1 aromatic rings. The molecule has 0 aliphatic carbocycles. The number of carbonyl (C=O) groups is 2. The second kappa shape index (κ2) is 6.48. The van der Waals surface area contributed by atoms with Gasteiger partial charge in [0.1, 0.15) is 5.01 Å². The highest BCUT2D eigenvalue weighted by Gasteiger charge is 2.30. The normalized spacial score (nSPS) is 15.3. The van der Waals surface area contributed by atoms with Gasteiger partial charge in [0, 0.05) is 11.6 Å². The number of nitrogens with one attached hydrogen (secondary N) is 2. The SMILES string of the molecule is CCC(NC(=O)NCC(C)(O)C(=O)O)c1nccs1. The van der Waals surface area contributed by atoms with Crippen molar-refractivity contribution in [1.29, 1.82) is 0 Å². The Morgan fingerprint density at radius 3 is 2.74 bits per heavy atom. The third-order valence-corrected chi connectivity index (χ3v) is 3.41. The zero-order valence-electron chi connectivity index (χ0n) is 10.7. The van der Waals surface area contributed by atoms with Gasteiger partial charge in [0.2, 0.25) is 0 Å². The summed E-state index contributed by atoms with van der Waals surface area (Å²) in [5.74, 6) is -1.39. The number of carboxylic acid groups (broad SMARTS) is 1. The molecule has 19 heavy (non-hydrogen) atoms. The van der Waals surface area contributed by atoms with E-state index in [-0.39, 0.29) is 12.6 Å². The first-order valence-corrected chi connectivity index (χ1v) is 6.64. The average molecular weight is 287 g/mol. The molecule has 0 bridgehead atoms. The van der Waals surface area contributed by atoms with Crippen molar-refractivity contribution in [2.75, 3.05) is 6.54 Å². The van der Waals surface area contributed by atoms with E-state index in [0.717, 1.165) is 11.9 Å². The predicted octanol–water partition coefficient (Wildman–Crippen LogP) is 0.729. The number of hydrogen-bond acceptors (Lipinski definition) is 5. The van der Waals surface area contributed by atoms with Gasteiger partial charge in [0.05, 0.1) is 12.6 Å². The molecular weight excluding hydrogens is 270 g/mol. The van der Waals surface area contributed by atoms with Gasteiger partial charge in [-0.15, -0.1) is 11.3 Å². The lowest BCUT2D eigenvalue weighted by atomic mass is 10.1. The molecule has 0 saturated heterocycles. The number of hydrogen-bond donors (Lipinski definition) is 4. The van der Waals surface area contributed by atoms with Gasteiger partial charge in [-0.05, 0) is 13.3 Å². The van der Waals surface area contributed by atoms with Crippen LogP contribution in [0.2, 0.25) is 0 Å². The Hall–Kier alpha value is -1.67. The Labute approximate surface area is 114 Å². The summed E-state index contributed by atoms with van der Waals surface area (Å²) in [4.78, 5) is 26.4. The Morgan fingerprint density at radius 1 is 1.58 bits per heavy atom. The minimum atomic E-state index is -1.99. The second-order valence-electron chi connectivity index (χ2n) is 4.24. The van der Waals surface area contributed by atoms with Crippen LogP contribution in [0.4, 0.5) is 4.79 Å². The Kier molecular flexibility index (Phi) is 5.25. The third-order valence-electron chi connectivity index (χ3n) is 2.52. The van der Waals surface area contributed by atoms with E-state index in [1.807, 2.05) is 12.3 Å². The molecule has 1 heterocycles. The first-order valence-electron chi connectivity index (χ1n) is 5.76. The zero-order chi connectivity index (χ0) is 14.5. The fraction of sp³-hybridized carbons (Fsp3) is 0.545. The largest absolute Gasteiger partial charge is 0.479 e. The van der Waals surface area contributed by atoms with Gasteiger partial charge in [0.25, 0.3) is 0 Å². The van der Waals surface area contributed by atoms with E-state index in [0.29, 0.717) is 6.42 Å². The maximum atomic E-state index is 11.6. The van der Waals surface area contributed by atoms with Crippen molar-refractivity contribution in [3.05, 3.63) is 16.6 Å². The van der Waals surface area contributed by atoms with Gasteiger partial charge in [0.15, 0.2) is 5.60 Å². The van der Waals surface area contributed by atoms with Crippen LogP contribution in [-0.2, 0) is 4.79 Å². The summed E-state index contributed by atoms with van der Waals surface area (Å²) >= 11 is 1.43. The smallest absolute Gasteiger partial charge is 0.337 e. The number of carboxylic acids is 1. The van der Waals surface area contributed by atoms with Crippen molar-refractivity contribution >= 4 is 23.3 Å². The number of aliphatic carboxylic acids is 1. The molecule has 0 saturated carbocycles. The highest BCUT2D eigenvalue weighted by atomic mass is 32.1. The molecule has 7 nitrogen and oxygen atoms in total. The molecule has 2 amide bonds. The van der Waals surface area contributed by atoms with Gasteiger partial charge < -0.3 is 20.8 Å². The Balaban J connectivity index is 2.49. The number of aliphatic hydroxyl groups is 1. The van der Waals surface area contributed by atoms with Gasteiger partial charge in [-0.25, -0.2) is 14.6 Å². The number of amides is 2. The molecule has 1 aromatic heterocycles. The Morgan fingerprint density at radius 2 is 2.26 bits per heavy atom. The van der Waals surface area contributed by atoms with E-state index in [1.54, 1.807) is 6.20 Å². The van der Waals surface area contributed by atoms with Crippen LogP contribution in [0.5, 0.6) is 0 Å². The molecule has 0 radical (unpaired) electrons. The molecule has 8 heteroatoms. The van der Waals surface area contributed by atoms with Crippen molar-refractivity contribution < 1.29 is 19.8 Å². The summed E-state index contributed by atoms with van der Waals surface area (Å²) < 4.78 is 0. The number of nitrogens with zero attached hydrogens (tertiary/aromatic N) is 1. The zero-order valence-corrected chi connectivity index (χ0v) is 11.5. The van der Waals surface area contributed by atoms with Crippen LogP contribution < -0.4 is 10.6 Å². The summed E-state index contributed by atoms with van der Waals surface area (Å²) in [6, 6.07) is -0.765. The van der Waals surface area contributed by atoms with Crippen molar-refractivity contribution in [2.24, 2.45) is 0 Å². The van der Waals surface area contributed by atoms with E-state index >= 15 is 0 Å². The van der Waals surface area contributed by atoms with E-state index in [2.05, 4.69) is 15.6 Å². The quantitative estimate of drug-likeness (QED) is 0.616. The van der Waals surface area contributed by atoms with Crippen LogP contribution in [0.25, 0.3) is 0 Å². The average Bonchev–Trinajstić information content (AvgIpc) is 2.87. The molecule has 1 rings (SSSR count). The number of urea groups is 1. The monoisotopic (exact) mass is 287 g/mol. The van der Waals surface area contributed by atoms with Gasteiger partial charge in [-0.2, -0.15) is 0 Å². The van der Waals surface area contributed by atoms with Crippen molar-refractivity contribution in [1.82, 2.24) is 15.6 Å². The summed E-state index contributed by atoms with van der Waals surface area (Å²) in [6.07, 6.45) is 2.31. The first kappa shape index (κ1) is 15.4. The molecule has 0 fully saturated rings. The maximum Gasteiger partial charge on any atom is 0.337 e. The van der Waals surface area contributed by atoms with E-state index in [4.69, 9.17) is 5.11 Å². The lowest BCUT2D eigenvalue weighted by Gasteiger charge is -2.20. The topological polar surface area (TPSA) is 112 Å². The second-order valence-corrected chi connectivity index (χ2v) is 5.16. The molecule has 106 valence electrons. The van der Waals surface area contributed by atoms with E-state index in [1.165, 1.54) is 11.3 Å². The minimum Gasteiger partial charge on any atom is -0.479 e. The number of aromatic nitrogens is 1. The van der Waals surface area contributed by atoms with E-state index < -0.39 is 17.6 Å².